The van der Waals surface area contributed by atoms with Crippen LogP contribution in [0.5, 0.6) is 0 Å². The molecule has 1 heterocycles. The van der Waals surface area contributed by atoms with E-state index in [9.17, 15) is 4.79 Å². The predicted molar refractivity (Wildman–Crippen MR) is 57.4 cm³/mol. The van der Waals surface area contributed by atoms with E-state index in [-0.39, 0.29) is 5.91 Å². The molecule has 1 amide bonds. The second-order valence-electron chi connectivity index (χ2n) is 4.77. The Labute approximate surface area is 90.8 Å². The van der Waals surface area contributed by atoms with Crippen LogP contribution >= 0.6 is 0 Å². The number of rotatable bonds is 2. The van der Waals surface area contributed by atoms with Gasteiger partial charge in [-0.3, -0.25) is 4.79 Å². The number of carbonyl (C=O) groups is 1. The molecule has 1 saturated carbocycles. The number of ether oxygens (including phenoxy) is 1. The number of nitrogens with zero attached hydrogens (tertiary/aromatic N) is 1. The van der Waals surface area contributed by atoms with Gasteiger partial charge in [0.25, 0.3) is 0 Å². The molecule has 2 N–H and O–H groups in total. The maximum absolute atomic E-state index is 12.1. The summed E-state index contributed by atoms with van der Waals surface area (Å²) in [5.41, 5.74) is 5.48. The molecule has 0 unspecified atom stereocenters. The van der Waals surface area contributed by atoms with E-state index >= 15 is 0 Å². The number of amides is 1. The second kappa shape index (κ2) is 4.10. The Morgan fingerprint density at radius 3 is 2.47 bits per heavy atom. The zero-order chi connectivity index (χ0) is 10.9. The molecule has 0 radical (unpaired) electrons. The number of carbonyl (C=O) groups excluding carboxylic acids is 1. The Kier molecular flexibility index (Phi) is 2.98. The van der Waals surface area contributed by atoms with Crippen LogP contribution in [0.2, 0.25) is 0 Å². The highest BCUT2D eigenvalue weighted by atomic mass is 16.5. The summed E-state index contributed by atoms with van der Waals surface area (Å²) in [6.45, 7) is 1.53. The van der Waals surface area contributed by atoms with Crippen molar-refractivity contribution in [2.24, 2.45) is 5.73 Å². The highest BCUT2D eigenvalue weighted by Crippen LogP contribution is 2.31. The number of nitrogens with two attached hydrogens (primary N) is 1. The molecule has 0 aromatic heterocycles. The van der Waals surface area contributed by atoms with Gasteiger partial charge in [0.1, 0.15) is 0 Å². The maximum atomic E-state index is 12.1. The van der Waals surface area contributed by atoms with Crippen LogP contribution in [0.1, 0.15) is 32.1 Å². The van der Waals surface area contributed by atoms with Gasteiger partial charge in [-0.05, 0) is 32.1 Å². The third kappa shape index (κ3) is 2.01. The number of likely N-dealkylation sites (N-methyl/N-ethyl adjacent to an activating group) is 1. The average Bonchev–Trinajstić information content (AvgIpc) is 2.25. The van der Waals surface area contributed by atoms with Crippen LogP contribution in [0, 0.1) is 0 Å². The molecule has 4 nitrogen and oxygen atoms in total. The standard InChI is InChI=1S/C11H20N2O2/c1-13(9-3-7-15-8-4-9)10(14)11(12)5-2-6-11/h9H,2-8,12H2,1H3. The summed E-state index contributed by atoms with van der Waals surface area (Å²) in [4.78, 5) is 14.0. The zero-order valence-corrected chi connectivity index (χ0v) is 9.37. The molecule has 0 bridgehead atoms. The monoisotopic (exact) mass is 212 g/mol. The van der Waals surface area contributed by atoms with Crippen molar-refractivity contribution in [3.8, 4) is 0 Å². The lowest BCUT2D eigenvalue weighted by atomic mass is 9.76. The quantitative estimate of drug-likeness (QED) is 0.725. The van der Waals surface area contributed by atoms with Gasteiger partial charge in [-0.25, -0.2) is 0 Å². The first-order chi connectivity index (χ1) is 7.13. The van der Waals surface area contributed by atoms with Crippen LogP contribution < -0.4 is 5.73 Å². The van der Waals surface area contributed by atoms with Crippen LogP contribution in [0.25, 0.3) is 0 Å². The van der Waals surface area contributed by atoms with Gasteiger partial charge in [-0.15, -0.1) is 0 Å². The minimum atomic E-state index is -0.549. The van der Waals surface area contributed by atoms with Crippen molar-refractivity contribution in [3.05, 3.63) is 0 Å². The van der Waals surface area contributed by atoms with Crippen LogP contribution in [-0.2, 0) is 9.53 Å². The molecule has 2 rings (SSSR count). The van der Waals surface area contributed by atoms with E-state index in [2.05, 4.69) is 0 Å². The fourth-order valence-electron chi connectivity index (χ4n) is 2.36. The van der Waals surface area contributed by atoms with Crippen LogP contribution in [0.15, 0.2) is 0 Å². The van der Waals surface area contributed by atoms with Gasteiger partial charge in [0, 0.05) is 26.3 Å². The molecule has 0 spiro atoms. The molecule has 0 aromatic rings. The summed E-state index contributed by atoms with van der Waals surface area (Å²) in [5, 5.41) is 0. The molecule has 2 fully saturated rings. The fraction of sp³-hybridized carbons (Fsp3) is 0.909. The third-order valence-corrected chi connectivity index (χ3v) is 3.73. The van der Waals surface area contributed by atoms with E-state index in [1.54, 1.807) is 0 Å². The lowest BCUT2D eigenvalue weighted by Crippen LogP contribution is -2.60. The van der Waals surface area contributed by atoms with E-state index in [0.717, 1.165) is 45.3 Å². The number of hydrogen-bond donors (Lipinski definition) is 1. The summed E-state index contributed by atoms with van der Waals surface area (Å²) in [7, 11) is 1.88. The smallest absolute Gasteiger partial charge is 0.242 e. The van der Waals surface area contributed by atoms with Crippen LogP contribution in [0.3, 0.4) is 0 Å². The van der Waals surface area contributed by atoms with E-state index in [1.165, 1.54) is 0 Å². The first-order valence-corrected chi connectivity index (χ1v) is 5.77. The van der Waals surface area contributed by atoms with Gasteiger partial charge in [0.15, 0.2) is 0 Å². The average molecular weight is 212 g/mol. The molecule has 86 valence electrons. The molecule has 0 aromatic carbocycles. The van der Waals surface area contributed by atoms with Gasteiger partial charge < -0.3 is 15.4 Å². The van der Waals surface area contributed by atoms with Crippen molar-refractivity contribution < 1.29 is 9.53 Å². The first-order valence-electron chi connectivity index (χ1n) is 5.77. The van der Waals surface area contributed by atoms with E-state index in [0.29, 0.717) is 6.04 Å². The summed E-state index contributed by atoms with van der Waals surface area (Å²) < 4.78 is 5.29. The van der Waals surface area contributed by atoms with Gasteiger partial charge in [0.05, 0.1) is 5.54 Å². The van der Waals surface area contributed by atoms with Crippen LogP contribution in [-0.4, -0.2) is 42.6 Å². The predicted octanol–water partition coefficient (Wildman–Crippen LogP) is 0.505. The molecule has 1 aliphatic carbocycles. The minimum absolute atomic E-state index is 0.126. The SMILES string of the molecule is CN(C(=O)C1(N)CCC1)C1CCOCC1. The zero-order valence-electron chi connectivity index (χ0n) is 9.37. The molecule has 0 atom stereocenters. The molecule has 15 heavy (non-hydrogen) atoms. The normalized spacial score (nSPS) is 25.7. The van der Waals surface area contributed by atoms with Crippen molar-refractivity contribution in [1.82, 2.24) is 4.90 Å². The Morgan fingerprint density at radius 2 is 2.00 bits per heavy atom. The van der Waals surface area contributed by atoms with Crippen molar-refractivity contribution in [2.75, 3.05) is 20.3 Å². The molecular weight excluding hydrogens is 192 g/mol. The highest BCUT2D eigenvalue weighted by Gasteiger charge is 2.43. The minimum Gasteiger partial charge on any atom is -0.381 e. The summed E-state index contributed by atoms with van der Waals surface area (Å²) >= 11 is 0. The molecule has 4 heteroatoms. The molecule has 1 saturated heterocycles. The van der Waals surface area contributed by atoms with E-state index < -0.39 is 5.54 Å². The first kappa shape index (κ1) is 10.9. The maximum Gasteiger partial charge on any atom is 0.242 e. The third-order valence-electron chi connectivity index (χ3n) is 3.73. The Bertz CT molecular complexity index is 245. The summed E-state index contributed by atoms with van der Waals surface area (Å²) in [6, 6.07) is 0.326. The largest absolute Gasteiger partial charge is 0.381 e. The molecule has 1 aliphatic heterocycles. The van der Waals surface area contributed by atoms with E-state index in [4.69, 9.17) is 10.5 Å². The Morgan fingerprint density at radius 1 is 1.40 bits per heavy atom. The highest BCUT2D eigenvalue weighted by molar-refractivity contribution is 5.87. The Hall–Kier alpha value is -0.610. The van der Waals surface area contributed by atoms with Crippen molar-refractivity contribution >= 4 is 5.91 Å². The van der Waals surface area contributed by atoms with Gasteiger partial charge >= 0.3 is 0 Å². The van der Waals surface area contributed by atoms with Crippen LogP contribution in [0.4, 0.5) is 0 Å². The fourth-order valence-corrected chi connectivity index (χ4v) is 2.36. The van der Waals surface area contributed by atoms with Gasteiger partial charge in [-0.1, -0.05) is 0 Å². The second-order valence-corrected chi connectivity index (χ2v) is 4.77. The van der Waals surface area contributed by atoms with E-state index in [1.807, 2.05) is 11.9 Å². The van der Waals surface area contributed by atoms with Crippen molar-refractivity contribution in [3.63, 3.8) is 0 Å². The molecule has 2 aliphatic rings. The lowest BCUT2D eigenvalue weighted by Gasteiger charge is -2.42. The number of hydrogen-bond acceptors (Lipinski definition) is 3. The van der Waals surface area contributed by atoms with Crippen molar-refractivity contribution in [1.29, 1.82) is 0 Å². The van der Waals surface area contributed by atoms with Crippen molar-refractivity contribution in [2.45, 2.75) is 43.7 Å². The lowest BCUT2D eigenvalue weighted by molar-refractivity contribution is -0.142. The molecular formula is C11H20N2O2. The summed E-state index contributed by atoms with van der Waals surface area (Å²) in [6.07, 6.45) is 4.67. The van der Waals surface area contributed by atoms with Gasteiger partial charge in [0.2, 0.25) is 5.91 Å². The summed E-state index contributed by atoms with van der Waals surface area (Å²) in [5.74, 6) is 0.126. The van der Waals surface area contributed by atoms with Gasteiger partial charge in [-0.2, -0.15) is 0 Å². The Balaban J connectivity index is 1.94. The topological polar surface area (TPSA) is 55.6 Å².